The molecule has 1 aliphatic heterocycles. The van der Waals surface area contributed by atoms with Crippen LogP contribution in [0.4, 0.5) is 0 Å². The van der Waals surface area contributed by atoms with Gasteiger partial charge in [0.1, 0.15) is 10.1 Å². The molecule has 1 N–H and O–H groups in total. The fraction of sp³-hybridized carbons (Fsp3) is 1.00. The molecule has 0 aromatic rings. The molecule has 0 amide bonds. The zero-order valence-corrected chi connectivity index (χ0v) is 12.0. The van der Waals surface area contributed by atoms with Crippen LogP contribution in [0.3, 0.4) is 0 Å². The monoisotopic (exact) mass is 260 g/mol. The maximum Gasteiger partial charge on any atom is 1.00 e. The van der Waals surface area contributed by atoms with Crippen LogP contribution < -0.4 is 29.6 Å². The molecule has 1 heterocycles. The van der Waals surface area contributed by atoms with Crippen molar-refractivity contribution in [2.75, 3.05) is 13.2 Å². The van der Waals surface area contributed by atoms with Gasteiger partial charge in [-0.1, -0.05) is 0 Å². The Kier molecular flexibility index (Phi) is 4.47. The van der Waals surface area contributed by atoms with Crippen LogP contribution in [-0.4, -0.2) is 42.0 Å². The molecule has 8 heteroatoms. The zero-order chi connectivity index (χ0) is 11.2. The molecule has 0 bridgehead atoms. The summed E-state index contributed by atoms with van der Waals surface area (Å²) in [6.45, 7) is 0.950. The van der Waals surface area contributed by atoms with Crippen molar-refractivity contribution in [3.05, 3.63) is 0 Å². The van der Waals surface area contributed by atoms with E-state index >= 15 is 0 Å². The fourth-order valence-electron chi connectivity index (χ4n) is 2.06. The van der Waals surface area contributed by atoms with E-state index in [1.165, 1.54) is 0 Å². The first-order valence-electron chi connectivity index (χ1n) is 4.83. The Morgan fingerprint density at radius 1 is 1.06 bits per heavy atom. The number of aliphatic hydroxyl groups is 1. The largest absolute Gasteiger partial charge is 1.00 e. The van der Waals surface area contributed by atoms with Gasteiger partial charge in [0.2, 0.25) is 0 Å². The van der Waals surface area contributed by atoms with Gasteiger partial charge >= 0.3 is 29.6 Å². The van der Waals surface area contributed by atoms with Crippen LogP contribution in [0.5, 0.6) is 0 Å². The molecule has 1 saturated carbocycles. The summed E-state index contributed by atoms with van der Waals surface area (Å²) in [6.07, 6.45) is 0.230. The van der Waals surface area contributed by atoms with Crippen molar-refractivity contribution in [3.8, 4) is 0 Å². The quantitative estimate of drug-likeness (QED) is 0.389. The topological polar surface area (TPSA) is 95.9 Å². The number of hydrogen-bond acceptors (Lipinski definition) is 6. The van der Waals surface area contributed by atoms with E-state index in [1.54, 1.807) is 0 Å². The van der Waals surface area contributed by atoms with E-state index in [1.807, 2.05) is 0 Å². The summed E-state index contributed by atoms with van der Waals surface area (Å²) in [5.41, 5.74) is 0. The summed E-state index contributed by atoms with van der Waals surface area (Å²) < 4.78 is 43.2. The maximum absolute atomic E-state index is 10.8. The molecule has 0 atom stereocenters. The molecular formula is C8H13NaO6S. The Bertz CT molecular complexity index is 338. The van der Waals surface area contributed by atoms with E-state index in [2.05, 4.69) is 0 Å². The minimum atomic E-state index is -4.68. The van der Waals surface area contributed by atoms with Gasteiger partial charge in [-0.3, -0.25) is 0 Å². The van der Waals surface area contributed by atoms with E-state index in [-0.39, 0.29) is 55.2 Å². The smallest absolute Gasteiger partial charge is 0.746 e. The molecule has 1 saturated heterocycles. The van der Waals surface area contributed by atoms with Crippen LogP contribution in [0.25, 0.3) is 0 Å². The van der Waals surface area contributed by atoms with E-state index in [0.717, 1.165) is 0 Å². The first kappa shape index (κ1) is 14.8. The van der Waals surface area contributed by atoms with E-state index < -0.39 is 20.8 Å². The Hall–Kier alpha value is 0.790. The fourth-order valence-corrected chi connectivity index (χ4v) is 2.76. The summed E-state index contributed by atoms with van der Waals surface area (Å²) in [5, 5.41) is 9.64. The average Bonchev–Trinajstić information content (AvgIpc) is 2.58. The maximum atomic E-state index is 10.8. The summed E-state index contributed by atoms with van der Waals surface area (Å²) >= 11 is 0. The van der Waals surface area contributed by atoms with E-state index in [0.29, 0.717) is 13.2 Å². The van der Waals surface area contributed by atoms with E-state index in [4.69, 9.17) is 9.47 Å². The van der Waals surface area contributed by atoms with Gasteiger partial charge < -0.3 is 19.1 Å². The van der Waals surface area contributed by atoms with Crippen molar-refractivity contribution in [2.45, 2.75) is 36.4 Å². The molecular weight excluding hydrogens is 247 g/mol. The van der Waals surface area contributed by atoms with Gasteiger partial charge in [0.15, 0.2) is 10.7 Å². The summed E-state index contributed by atoms with van der Waals surface area (Å²) in [7, 11) is -4.68. The average molecular weight is 260 g/mol. The predicted octanol–water partition coefficient (Wildman–Crippen LogP) is -3.46. The van der Waals surface area contributed by atoms with Crippen LogP contribution in [-0.2, 0) is 19.6 Å². The SMILES string of the molecule is O=S(=O)([O-])C1(O)CCC2(CC1)OCCO2.[Na+]. The van der Waals surface area contributed by atoms with Crippen molar-refractivity contribution in [1.82, 2.24) is 0 Å². The molecule has 16 heavy (non-hydrogen) atoms. The Morgan fingerprint density at radius 2 is 1.50 bits per heavy atom. The molecule has 2 fully saturated rings. The van der Waals surface area contributed by atoms with Crippen molar-refractivity contribution < 1.29 is 57.1 Å². The van der Waals surface area contributed by atoms with Gasteiger partial charge in [0.05, 0.1) is 13.2 Å². The Morgan fingerprint density at radius 3 is 1.88 bits per heavy atom. The van der Waals surface area contributed by atoms with Crippen LogP contribution in [0, 0.1) is 0 Å². The molecule has 2 rings (SSSR count). The van der Waals surface area contributed by atoms with Gasteiger partial charge in [-0.05, 0) is 12.8 Å². The molecule has 0 aromatic heterocycles. The number of rotatable bonds is 1. The van der Waals surface area contributed by atoms with Gasteiger partial charge in [-0.25, -0.2) is 8.42 Å². The minimum Gasteiger partial charge on any atom is -0.746 e. The van der Waals surface area contributed by atoms with E-state index in [9.17, 15) is 18.1 Å². The predicted molar refractivity (Wildman–Crippen MR) is 47.8 cm³/mol. The molecule has 2 aliphatic rings. The van der Waals surface area contributed by atoms with Gasteiger partial charge in [0.25, 0.3) is 0 Å². The van der Waals surface area contributed by atoms with Crippen LogP contribution in [0.15, 0.2) is 0 Å². The third-order valence-electron chi connectivity index (χ3n) is 3.07. The molecule has 0 aromatic carbocycles. The molecule has 0 unspecified atom stereocenters. The van der Waals surface area contributed by atoms with Crippen molar-refractivity contribution in [3.63, 3.8) is 0 Å². The minimum absolute atomic E-state index is 0. The third kappa shape index (κ3) is 2.62. The summed E-state index contributed by atoms with van der Waals surface area (Å²) in [6, 6.07) is 0. The van der Waals surface area contributed by atoms with Crippen LogP contribution in [0.2, 0.25) is 0 Å². The first-order valence-corrected chi connectivity index (χ1v) is 6.24. The van der Waals surface area contributed by atoms with Gasteiger partial charge in [-0.2, -0.15) is 0 Å². The molecule has 0 radical (unpaired) electrons. The summed E-state index contributed by atoms with van der Waals surface area (Å²) in [4.78, 5) is -2.15. The van der Waals surface area contributed by atoms with Gasteiger partial charge in [0, 0.05) is 12.8 Å². The molecule has 1 aliphatic carbocycles. The van der Waals surface area contributed by atoms with Crippen molar-refractivity contribution in [2.24, 2.45) is 0 Å². The van der Waals surface area contributed by atoms with Crippen molar-refractivity contribution >= 4 is 10.1 Å². The standard InChI is InChI=1S/C8H14O6S.Na/c9-7(15(10,11)12)1-3-8(4-2-7)13-5-6-14-8;/h9H,1-6H2,(H,10,11,12);/q;+1/p-1. The second kappa shape index (κ2) is 4.81. The van der Waals surface area contributed by atoms with Crippen LogP contribution >= 0.6 is 0 Å². The second-order valence-corrected chi connectivity index (χ2v) is 5.68. The zero-order valence-electron chi connectivity index (χ0n) is 9.14. The molecule has 6 nitrogen and oxygen atoms in total. The second-order valence-electron chi connectivity index (χ2n) is 4.01. The van der Waals surface area contributed by atoms with Gasteiger partial charge in [-0.15, -0.1) is 0 Å². The number of hydrogen-bond donors (Lipinski definition) is 1. The molecule has 1 spiro atoms. The Balaban J connectivity index is 0.00000128. The first-order chi connectivity index (χ1) is 6.87. The van der Waals surface area contributed by atoms with Crippen LogP contribution in [0.1, 0.15) is 25.7 Å². The molecule has 88 valence electrons. The van der Waals surface area contributed by atoms with Crippen molar-refractivity contribution in [1.29, 1.82) is 0 Å². The third-order valence-corrected chi connectivity index (χ3v) is 4.41. The number of ether oxygens (including phenoxy) is 2. The summed E-state index contributed by atoms with van der Waals surface area (Å²) in [5.74, 6) is -0.767. The normalized spacial score (nSPS) is 27.6. The Labute approximate surface area is 116 Å².